The highest BCUT2D eigenvalue weighted by Crippen LogP contribution is 2.22. The summed E-state index contributed by atoms with van der Waals surface area (Å²) in [5.74, 6) is -0.945. The average molecular weight is 270 g/mol. The van der Waals surface area contributed by atoms with Crippen molar-refractivity contribution in [2.45, 2.75) is 77.4 Å². The molecule has 0 saturated carbocycles. The fourth-order valence-electron chi connectivity index (χ4n) is 2.71. The molecule has 1 rings (SSSR count). The van der Waals surface area contributed by atoms with Gasteiger partial charge in [-0.1, -0.05) is 19.8 Å². The van der Waals surface area contributed by atoms with Crippen LogP contribution in [-0.2, 0) is 4.79 Å². The Morgan fingerprint density at radius 3 is 2.37 bits per heavy atom. The van der Waals surface area contributed by atoms with Crippen molar-refractivity contribution in [1.82, 2.24) is 10.2 Å². The first kappa shape index (κ1) is 15.8. The van der Waals surface area contributed by atoms with Crippen LogP contribution in [0.2, 0.25) is 0 Å². The van der Waals surface area contributed by atoms with Gasteiger partial charge < -0.3 is 15.3 Å². The zero-order valence-corrected chi connectivity index (χ0v) is 12.2. The number of carbonyl (C=O) groups is 2. The third-order valence-electron chi connectivity index (χ3n) is 3.87. The van der Waals surface area contributed by atoms with Crippen LogP contribution in [0.3, 0.4) is 0 Å². The summed E-state index contributed by atoms with van der Waals surface area (Å²) in [6.45, 7) is 6.06. The van der Waals surface area contributed by atoms with Gasteiger partial charge in [0.05, 0.1) is 0 Å². The normalized spacial score (nSPS) is 24.9. The predicted molar refractivity (Wildman–Crippen MR) is 74.1 cm³/mol. The second kappa shape index (κ2) is 7.36. The molecule has 5 heteroatoms. The lowest BCUT2D eigenvalue weighted by Crippen LogP contribution is -2.55. The molecule has 1 aliphatic rings. The first-order chi connectivity index (χ1) is 8.97. The van der Waals surface area contributed by atoms with Gasteiger partial charge in [0.2, 0.25) is 0 Å². The molecule has 1 heterocycles. The number of nitrogens with zero attached hydrogens (tertiary/aromatic N) is 1. The topological polar surface area (TPSA) is 69.6 Å². The zero-order valence-electron chi connectivity index (χ0n) is 12.2. The van der Waals surface area contributed by atoms with E-state index in [4.69, 9.17) is 5.11 Å². The fourth-order valence-corrected chi connectivity index (χ4v) is 2.71. The van der Waals surface area contributed by atoms with Crippen LogP contribution in [-0.4, -0.2) is 40.1 Å². The van der Waals surface area contributed by atoms with E-state index in [0.29, 0.717) is 6.42 Å². The van der Waals surface area contributed by atoms with E-state index in [9.17, 15) is 9.59 Å². The number of carbonyl (C=O) groups excluding carboxylic acids is 1. The van der Waals surface area contributed by atoms with Crippen LogP contribution in [0.15, 0.2) is 0 Å². The van der Waals surface area contributed by atoms with E-state index in [1.54, 1.807) is 4.90 Å². The standard InChI is InChI=1S/C14H26N2O3/c1-4-5-9-12(13(17)18)15-14(19)16-10(2)7-6-8-11(16)3/h10-12H,4-9H2,1-3H3,(H,15,19)(H,17,18)/t10-,11+,12-/m0/s1. The lowest BCUT2D eigenvalue weighted by molar-refractivity contribution is -0.139. The number of hydrogen-bond donors (Lipinski definition) is 2. The number of likely N-dealkylation sites (tertiary alicyclic amines) is 1. The van der Waals surface area contributed by atoms with Crippen LogP contribution in [0.1, 0.15) is 59.3 Å². The summed E-state index contributed by atoms with van der Waals surface area (Å²) in [7, 11) is 0. The molecule has 19 heavy (non-hydrogen) atoms. The Morgan fingerprint density at radius 2 is 1.89 bits per heavy atom. The summed E-state index contributed by atoms with van der Waals surface area (Å²) in [6.07, 6.45) is 5.34. The van der Waals surface area contributed by atoms with Gasteiger partial charge in [0.15, 0.2) is 0 Å². The number of carboxylic acid groups (broad SMARTS) is 1. The number of aliphatic carboxylic acids is 1. The molecule has 0 unspecified atom stereocenters. The maximum atomic E-state index is 12.2. The molecule has 0 aromatic carbocycles. The first-order valence-corrected chi connectivity index (χ1v) is 7.29. The molecule has 0 aromatic heterocycles. The molecule has 3 atom stereocenters. The van der Waals surface area contributed by atoms with Crippen molar-refractivity contribution in [3.8, 4) is 0 Å². The predicted octanol–water partition coefficient (Wildman–Crippen LogP) is 2.60. The molecule has 1 aliphatic heterocycles. The number of carboxylic acids is 1. The van der Waals surface area contributed by atoms with E-state index in [2.05, 4.69) is 5.32 Å². The Hall–Kier alpha value is -1.26. The minimum Gasteiger partial charge on any atom is -0.480 e. The van der Waals surface area contributed by atoms with E-state index in [-0.39, 0.29) is 18.1 Å². The van der Waals surface area contributed by atoms with Gasteiger partial charge in [-0.3, -0.25) is 0 Å². The highest BCUT2D eigenvalue weighted by atomic mass is 16.4. The smallest absolute Gasteiger partial charge is 0.326 e. The van der Waals surface area contributed by atoms with Crippen LogP contribution in [0.5, 0.6) is 0 Å². The van der Waals surface area contributed by atoms with Gasteiger partial charge in [-0.25, -0.2) is 9.59 Å². The Labute approximate surface area is 115 Å². The highest BCUT2D eigenvalue weighted by Gasteiger charge is 2.31. The lowest BCUT2D eigenvalue weighted by Gasteiger charge is -2.39. The fraction of sp³-hybridized carbons (Fsp3) is 0.857. The second-order valence-corrected chi connectivity index (χ2v) is 5.52. The Kier molecular flexibility index (Phi) is 6.12. The quantitative estimate of drug-likeness (QED) is 0.806. The number of rotatable bonds is 5. The molecule has 0 bridgehead atoms. The van der Waals surface area contributed by atoms with Gasteiger partial charge in [0, 0.05) is 12.1 Å². The van der Waals surface area contributed by atoms with Gasteiger partial charge in [-0.2, -0.15) is 0 Å². The molecular formula is C14H26N2O3. The minimum absolute atomic E-state index is 0.185. The Morgan fingerprint density at radius 1 is 1.32 bits per heavy atom. The molecule has 0 aromatic rings. The van der Waals surface area contributed by atoms with Gasteiger partial charge in [-0.05, 0) is 39.5 Å². The number of nitrogens with one attached hydrogen (secondary N) is 1. The average Bonchev–Trinajstić information content (AvgIpc) is 2.33. The zero-order chi connectivity index (χ0) is 14.4. The minimum atomic E-state index is -0.945. The summed E-state index contributed by atoms with van der Waals surface area (Å²) in [5, 5.41) is 11.8. The SMILES string of the molecule is CCCC[C@H](NC(=O)N1[C@H](C)CCC[C@@H]1C)C(=O)O. The molecule has 1 saturated heterocycles. The van der Waals surface area contributed by atoms with E-state index in [1.807, 2.05) is 20.8 Å². The van der Waals surface area contributed by atoms with Crippen molar-refractivity contribution in [2.24, 2.45) is 0 Å². The summed E-state index contributed by atoms with van der Waals surface area (Å²) < 4.78 is 0. The van der Waals surface area contributed by atoms with Gasteiger partial charge in [0.25, 0.3) is 0 Å². The van der Waals surface area contributed by atoms with Crippen molar-refractivity contribution in [1.29, 1.82) is 0 Å². The number of amides is 2. The molecule has 2 amide bonds. The van der Waals surface area contributed by atoms with Crippen LogP contribution in [0, 0.1) is 0 Å². The third-order valence-corrected chi connectivity index (χ3v) is 3.87. The number of piperidine rings is 1. The van der Waals surface area contributed by atoms with Gasteiger partial charge >= 0.3 is 12.0 Å². The number of hydrogen-bond acceptors (Lipinski definition) is 2. The van der Waals surface area contributed by atoms with Crippen molar-refractivity contribution >= 4 is 12.0 Å². The molecular weight excluding hydrogens is 244 g/mol. The Balaban J connectivity index is 2.62. The maximum Gasteiger partial charge on any atom is 0.326 e. The van der Waals surface area contributed by atoms with Crippen molar-refractivity contribution in [3.05, 3.63) is 0 Å². The number of unbranched alkanes of at least 4 members (excludes halogenated alkanes) is 1. The van der Waals surface area contributed by atoms with E-state index in [0.717, 1.165) is 32.1 Å². The van der Waals surface area contributed by atoms with Crippen molar-refractivity contribution in [2.75, 3.05) is 0 Å². The molecule has 0 radical (unpaired) electrons. The molecule has 2 N–H and O–H groups in total. The summed E-state index contributed by atoms with van der Waals surface area (Å²) in [6, 6.07) is -0.634. The van der Waals surface area contributed by atoms with Crippen LogP contribution in [0.25, 0.3) is 0 Å². The van der Waals surface area contributed by atoms with Crippen LogP contribution in [0.4, 0.5) is 4.79 Å². The van der Waals surface area contributed by atoms with Crippen molar-refractivity contribution in [3.63, 3.8) is 0 Å². The Bertz CT molecular complexity index is 310. The summed E-state index contributed by atoms with van der Waals surface area (Å²) >= 11 is 0. The highest BCUT2D eigenvalue weighted by molar-refractivity contribution is 5.82. The van der Waals surface area contributed by atoms with E-state index < -0.39 is 12.0 Å². The molecule has 5 nitrogen and oxygen atoms in total. The number of urea groups is 1. The van der Waals surface area contributed by atoms with Gasteiger partial charge in [0.1, 0.15) is 6.04 Å². The maximum absolute atomic E-state index is 12.2. The van der Waals surface area contributed by atoms with Crippen LogP contribution >= 0.6 is 0 Å². The van der Waals surface area contributed by atoms with E-state index in [1.165, 1.54) is 0 Å². The summed E-state index contributed by atoms with van der Waals surface area (Å²) in [4.78, 5) is 25.2. The molecule has 1 fully saturated rings. The summed E-state index contributed by atoms with van der Waals surface area (Å²) in [5.41, 5.74) is 0. The van der Waals surface area contributed by atoms with Gasteiger partial charge in [-0.15, -0.1) is 0 Å². The third kappa shape index (κ3) is 4.40. The lowest BCUT2D eigenvalue weighted by atomic mass is 9.98. The first-order valence-electron chi connectivity index (χ1n) is 7.29. The van der Waals surface area contributed by atoms with E-state index >= 15 is 0 Å². The largest absolute Gasteiger partial charge is 0.480 e. The molecule has 0 aliphatic carbocycles. The van der Waals surface area contributed by atoms with Crippen molar-refractivity contribution < 1.29 is 14.7 Å². The van der Waals surface area contributed by atoms with Crippen LogP contribution < -0.4 is 5.32 Å². The molecule has 0 spiro atoms. The second-order valence-electron chi connectivity index (χ2n) is 5.52. The monoisotopic (exact) mass is 270 g/mol. The molecule has 110 valence electrons.